The van der Waals surface area contributed by atoms with Gasteiger partial charge in [0.05, 0.1) is 11.5 Å². The SMILES string of the molecule is CC1(NC2CC3CCC2C3)CCS(=O)(=O)C1. The van der Waals surface area contributed by atoms with E-state index in [4.69, 9.17) is 0 Å². The van der Waals surface area contributed by atoms with Crippen LogP contribution in [0.1, 0.15) is 39.0 Å². The lowest BCUT2D eigenvalue weighted by Crippen LogP contribution is -2.50. The summed E-state index contributed by atoms with van der Waals surface area (Å²) in [4.78, 5) is 0. The average Bonchev–Trinajstić information content (AvgIpc) is 2.80. The van der Waals surface area contributed by atoms with E-state index in [1.807, 2.05) is 0 Å². The van der Waals surface area contributed by atoms with Gasteiger partial charge in [0, 0.05) is 11.6 Å². The Morgan fingerprint density at radius 2 is 2.06 bits per heavy atom. The van der Waals surface area contributed by atoms with Crippen molar-refractivity contribution in [3.05, 3.63) is 0 Å². The van der Waals surface area contributed by atoms with Crippen molar-refractivity contribution in [1.82, 2.24) is 5.32 Å². The topological polar surface area (TPSA) is 46.2 Å². The van der Waals surface area contributed by atoms with Crippen LogP contribution < -0.4 is 5.32 Å². The maximum Gasteiger partial charge on any atom is 0.152 e. The fourth-order valence-electron chi connectivity index (χ4n) is 3.99. The van der Waals surface area contributed by atoms with E-state index in [0.717, 1.165) is 18.3 Å². The maximum absolute atomic E-state index is 11.5. The summed E-state index contributed by atoms with van der Waals surface area (Å²) >= 11 is 0. The van der Waals surface area contributed by atoms with E-state index in [1.54, 1.807) is 0 Å². The molecule has 3 fully saturated rings. The molecular formula is C12H21NO2S. The van der Waals surface area contributed by atoms with Gasteiger partial charge in [0.15, 0.2) is 9.84 Å². The zero-order valence-corrected chi connectivity index (χ0v) is 10.7. The Bertz CT molecular complexity index is 392. The molecule has 1 saturated heterocycles. The first kappa shape index (κ1) is 11.0. The van der Waals surface area contributed by atoms with Gasteiger partial charge in [-0.25, -0.2) is 8.42 Å². The molecule has 1 heterocycles. The zero-order valence-electron chi connectivity index (χ0n) is 9.91. The molecule has 2 saturated carbocycles. The molecule has 0 aromatic rings. The number of rotatable bonds is 2. The van der Waals surface area contributed by atoms with Gasteiger partial charge in [-0.1, -0.05) is 6.42 Å². The molecule has 0 spiro atoms. The summed E-state index contributed by atoms with van der Waals surface area (Å²) in [5, 5.41) is 3.66. The minimum absolute atomic E-state index is 0.145. The maximum atomic E-state index is 11.5. The molecule has 2 aliphatic carbocycles. The van der Waals surface area contributed by atoms with Crippen LogP contribution in [0.5, 0.6) is 0 Å². The lowest BCUT2D eigenvalue weighted by molar-refractivity contribution is 0.269. The number of fused-ring (bicyclic) bond motifs is 2. The summed E-state index contributed by atoms with van der Waals surface area (Å²) in [5.41, 5.74) is -0.145. The molecule has 16 heavy (non-hydrogen) atoms. The molecule has 4 unspecified atom stereocenters. The lowest BCUT2D eigenvalue weighted by atomic mass is 9.91. The summed E-state index contributed by atoms with van der Waals surface area (Å²) in [5.74, 6) is 2.46. The van der Waals surface area contributed by atoms with Gasteiger partial charge in [0.2, 0.25) is 0 Å². The standard InChI is InChI=1S/C12H21NO2S/c1-12(4-5-16(14,15)8-12)13-11-7-9-2-3-10(11)6-9/h9-11,13H,2-8H2,1H3. The summed E-state index contributed by atoms with van der Waals surface area (Å²) in [6, 6.07) is 0.594. The Labute approximate surface area is 97.9 Å². The molecule has 2 bridgehead atoms. The Morgan fingerprint density at radius 3 is 2.56 bits per heavy atom. The van der Waals surface area contributed by atoms with Gasteiger partial charge in [-0.05, 0) is 44.4 Å². The first-order valence-electron chi connectivity index (χ1n) is 6.44. The van der Waals surface area contributed by atoms with Crippen molar-refractivity contribution in [2.75, 3.05) is 11.5 Å². The van der Waals surface area contributed by atoms with E-state index in [9.17, 15) is 8.42 Å². The second kappa shape index (κ2) is 3.45. The van der Waals surface area contributed by atoms with E-state index in [1.165, 1.54) is 25.7 Å². The third-order valence-electron chi connectivity index (χ3n) is 4.78. The van der Waals surface area contributed by atoms with Crippen molar-refractivity contribution >= 4 is 9.84 Å². The van der Waals surface area contributed by atoms with Crippen molar-refractivity contribution in [3.63, 3.8) is 0 Å². The summed E-state index contributed by atoms with van der Waals surface area (Å²) in [6.45, 7) is 2.09. The van der Waals surface area contributed by atoms with Gasteiger partial charge in [-0.2, -0.15) is 0 Å². The lowest BCUT2D eigenvalue weighted by Gasteiger charge is -2.33. The van der Waals surface area contributed by atoms with Crippen LogP contribution in [0.4, 0.5) is 0 Å². The molecule has 4 atom stereocenters. The Hall–Kier alpha value is -0.0900. The van der Waals surface area contributed by atoms with Crippen molar-refractivity contribution in [1.29, 1.82) is 0 Å². The highest BCUT2D eigenvalue weighted by Crippen LogP contribution is 2.45. The highest BCUT2D eigenvalue weighted by Gasteiger charge is 2.45. The molecule has 4 heteroatoms. The molecule has 3 nitrogen and oxygen atoms in total. The number of hydrogen-bond donors (Lipinski definition) is 1. The minimum Gasteiger partial charge on any atom is -0.307 e. The van der Waals surface area contributed by atoms with E-state index in [-0.39, 0.29) is 5.54 Å². The minimum atomic E-state index is -2.77. The fourth-order valence-corrected chi connectivity index (χ4v) is 6.10. The highest BCUT2D eigenvalue weighted by molar-refractivity contribution is 7.91. The van der Waals surface area contributed by atoms with E-state index < -0.39 is 9.84 Å². The van der Waals surface area contributed by atoms with Crippen molar-refractivity contribution in [2.45, 2.75) is 50.6 Å². The van der Waals surface area contributed by atoms with Gasteiger partial charge in [0.25, 0.3) is 0 Å². The predicted molar refractivity (Wildman–Crippen MR) is 64.0 cm³/mol. The van der Waals surface area contributed by atoms with Crippen LogP contribution in [0.25, 0.3) is 0 Å². The smallest absolute Gasteiger partial charge is 0.152 e. The molecule has 1 N–H and O–H groups in total. The van der Waals surface area contributed by atoms with Gasteiger partial charge in [-0.15, -0.1) is 0 Å². The van der Waals surface area contributed by atoms with Crippen LogP contribution >= 0.6 is 0 Å². The van der Waals surface area contributed by atoms with Crippen molar-refractivity contribution in [3.8, 4) is 0 Å². The quantitative estimate of drug-likeness (QED) is 0.796. The number of hydrogen-bond acceptors (Lipinski definition) is 3. The highest BCUT2D eigenvalue weighted by atomic mass is 32.2. The number of sulfone groups is 1. The molecule has 1 aliphatic heterocycles. The Kier molecular flexibility index (Phi) is 2.38. The molecule has 3 aliphatic rings. The fraction of sp³-hybridized carbons (Fsp3) is 1.00. The molecule has 0 radical (unpaired) electrons. The van der Waals surface area contributed by atoms with E-state index >= 15 is 0 Å². The average molecular weight is 243 g/mol. The van der Waals surface area contributed by atoms with Crippen LogP contribution in [0, 0.1) is 11.8 Å². The van der Waals surface area contributed by atoms with Gasteiger partial charge in [-0.3, -0.25) is 0 Å². The first-order valence-corrected chi connectivity index (χ1v) is 8.26. The normalized spacial score (nSPS) is 49.9. The Balaban J connectivity index is 1.67. The van der Waals surface area contributed by atoms with Crippen molar-refractivity contribution in [2.24, 2.45) is 11.8 Å². The molecule has 3 rings (SSSR count). The van der Waals surface area contributed by atoms with Crippen LogP contribution in [-0.4, -0.2) is 31.5 Å². The summed E-state index contributed by atoms with van der Waals surface area (Å²) in [7, 11) is -2.77. The molecule has 0 amide bonds. The van der Waals surface area contributed by atoms with Crippen molar-refractivity contribution < 1.29 is 8.42 Å². The van der Waals surface area contributed by atoms with Gasteiger partial charge >= 0.3 is 0 Å². The monoisotopic (exact) mass is 243 g/mol. The van der Waals surface area contributed by atoms with Crippen LogP contribution in [-0.2, 0) is 9.84 Å². The van der Waals surface area contributed by atoms with Gasteiger partial charge in [0.1, 0.15) is 0 Å². The zero-order chi connectivity index (χ0) is 11.4. The molecule has 92 valence electrons. The second-order valence-corrected chi connectivity index (χ2v) is 8.51. The first-order chi connectivity index (χ1) is 7.46. The Morgan fingerprint density at radius 1 is 1.25 bits per heavy atom. The third kappa shape index (κ3) is 1.90. The van der Waals surface area contributed by atoms with E-state index in [0.29, 0.717) is 17.5 Å². The third-order valence-corrected chi connectivity index (χ3v) is 6.68. The molecule has 0 aromatic heterocycles. The summed E-state index contributed by atoms with van der Waals surface area (Å²) < 4.78 is 23.1. The van der Waals surface area contributed by atoms with Gasteiger partial charge < -0.3 is 5.32 Å². The predicted octanol–water partition coefficient (Wildman–Crippen LogP) is 1.34. The molecular weight excluding hydrogens is 222 g/mol. The number of nitrogens with one attached hydrogen (secondary N) is 1. The van der Waals surface area contributed by atoms with E-state index in [2.05, 4.69) is 12.2 Å². The largest absolute Gasteiger partial charge is 0.307 e. The van der Waals surface area contributed by atoms with Crippen LogP contribution in [0.3, 0.4) is 0 Å². The van der Waals surface area contributed by atoms with Crippen LogP contribution in [0.15, 0.2) is 0 Å². The second-order valence-electron chi connectivity index (χ2n) is 6.33. The van der Waals surface area contributed by atoms with Crippen LogP contribution in [0.2, 0.25) is 0 Å². The summed E-state index contributed by atoms with van der Waals surface area (Å²) in [6.07, 6.45) is 6.20. The molecule has 0 aromatic carbocycles.